The van der Waals surface area contributed by atoms with Crippen LogP contribution in [0.2, 0.25) is 0 Å². The van der Waals surface area contributed by atoms with Gasteiger partial charge in [0.15, 0.2) is 5.11 Å². The number of anilines is 1. The fourth-order valence-corrected chi connectivity index (χ4v) is 1.78. The Morgan fingerprint density at radius 2 is 1.50 bits per heavy atom. The van der Waals surface area contributed by atoms with Crippen LogP contribution in [0, 0.1) is 13.8 Å². The lowest BCUT2D eigenvalue weighted by Gasteiger charge is -2.06. The highest BCUT2D eigenvalue weighted by molar-refractivity contribution is 7.80. The highest BCUT2D eigenvalue weighted by atomic mass is 32.1. The number of aryl methyl sites for hydroxylation is 2. The van der Waals surface area contributed by atoms with E-state index in [0.29, 0.717) is 5.11 Å². The van der Waals surface area contributed by atoms with E-state index in [1.165, 1.54) is 11.1 Å². The van der Waals surface area contributed by atoms with Gasteiger partial charge in [-0.15, -0.1) is 0 Å². The molecule has 0 amide bonds. The summed E-state index contributed by atoms with van der Waals surface area (Å²) >= 11 is 5.17. The SMILES string of the molecule is Cc1ccc(/C=N\NC(=S)Nc2ccc(C)cc2)cc1. The highest BCUT2D eigenvalue weighted by Crippen LogP contribution is 2.08. The minimum Gasteiger partial charge on any atom is -0.331 e. The van der Waals surface area contributed by atoms with Gasteiger partial charge < -0.3 is 5.32 Å². The second kappa shape index (κ2) is 6.82. The average molecular weight is 283 g/mol. The molecule has 0 saturated carbocycles. The van der Waals surface area contributed by atoms with Crippen LogP contribution in [0.1, 0.15) is 16.7 Å². The van der Waals surface area contributed by atoms with Crippen molar-refractivity contribution in [3.63, 3.8) is 0 Å². The largest absolute Gasteiger partial charge is 0.331 e. The first-order valence-corrected chi connectivity index (χ1v) is 6.78. The molecular formula is C16H17N3S. The number of thiocarbonyl (C=S) groups is 1. The molecule has 0 aromatic heterocycles. The van der Waals surface area contributed by atoms with Crippen LogP contribution in [0.5, 0.6) is 0 Å². The van der Waals surface area contributed by atoms with Gasteiger partial charge in [0.1, 0.15) is 0 Å². The van der Waals surface area contributed by atoms with E-state index in [2.05, 4.69) is 22.8 Å². The summed E-state index contributed by atoms with van der Waals surface area (Å²) in [5.41, 5.74) is 7.21. The number of nitrogens with zero attached hydrogens (tertiary/aromatic N) is 1. The summed E-state index contributed by atoms with van der Waals surface area (Å²) < 4.78 is 0. The van der Waals surface area contributed by atoms with Gasteiger partial charge in [-0.2, -0.15) is 5.10 Å². The number of benzene rings is 2. The number of nitrogens with one attached hydrogen (secondary N) is 2. The van der Waals surface area contributed by atoms with Crippen molar-refractivity contribution in [2.45, 2.75) is 13.8 Å². The Labute approximate surface area is 124 Å². The Bertz CT molecular complexity index is 601. The summed E-state index contributed by atoms with van der Waals surface area (Å²) in [6.07, 6.45) is 1.74. The maximum absolute atomic E-state index is 5.17. The Morgan fingerprint density at radius 1 is 0.950 bits per heavy atom. The second-order valence-electron chi connectivity index (χ2n) is 4.60. The molecule has 0 saturated heterocycles. The lowest BCUT2D eigenvalue weighted by Crippen LogP contribution is -2.23. The summed E-state index contributed by atoms with van der Waals surface area (Å²) in [5.74, 6) is 0. The number of hydrazone groups is 1. The van der Waals surface area contributed by atoms with Gasteiger partial charge >= 0.3 is 0 Å². The summed E-state index contributed by atoms with van der Waals surface area (Å²) in [6, 6.07) is 16.1. The van der Waals surface area contributed by atoms with Crippen LogP contribution in [0.3, 0.4) is 0 Å². The molecule has 0 bridgehead atoms. The lowest BCUT2D eigenvalue weighted by atomic mass is 10.2. The van der Waals surface area contributed by atoms with Crippen LogP contribution in [-0.2, 0) is 0 Å². The van der Waals surface area contributed by atoms with Crippen molar-refractivity contribution >= 4 is 29.2 Å². The van der Waals surface area contributed by atoms with E-state index in [0.717, 1.165) is 11.3 Å². The maximum atomic E-state index is 5.17. The molecule has 0 aliphatic heterocycles. The molecule has 0 spiro atoms. The van der Waals surface area contributed by atoms with Crippen molar-refractivity contribution in [1.82, 2.24) is 5.43 Å². The Morgan fingerprint density at radius 3 is 2.10 bits per heavy atom. The molecule has 0 aliphatic rings. The van der Waals surface area contributed by atoms with Gasteiger partial charge in [0.2, 0.25) is 0 Å². The van der Waals surface area contributed by atoms with Gasteiger partial charge in [0, 0.05) is 5.69 Å². The predicted octanol–water partition coefficient (Wildman–Crippen LogP) is 3.62. The Balaban J connectivity index is 1.85. The first kappa shape index (κ1) is 14.2. The molecule has 4 heteroatoms. The molecule has 2 aromatic rings. The third-order valence-electron chi connectivity index (χ3n) is 2.77. The van der Waals surface area contributed by atoms with Crippen LogP contribution in [0.25, 0.3) is 0 Å². The summed E-state index contributed by atoms with van der Waals surface area (Å²) in [4.78, 5) is 0. The molecule has 2 N–H and O–H groups in total. The van der Waals surface area contributed by atoms with Crippen molar-refractivity contribution in [1.29, 1.82) is 0 Å². The molecule has 3 nitrogen and oxygen atoms in total. The molecule has 2 aromatic carbocycles. The van der Waals surface area contributed by atoms with E-state index in [1.807, 2.05) is 55.5 Å². The molecule has 0 unspecified atom stereocenters. The zero-order valence-corrected chi connectivity index (χ0v) is 12.4. The zero-order valence-electron chi connectivity index (χ0n) is 11.6. The van der Waals surface area contributed by atoms with Gasteiger partial charge in [-0.3, -0.25) is 5.43 Å². The minimum absolute atomic E-state index is 0.470. The lowest BCUT2D eigenvalue weighted by molar-refractivity contribution is 1.05. The van der Waals surface area contributed by atoms with Gasteiger partial charge in [-0.05, 0) is 43.8 Å². The summed E-state index contributed by atoms with van der Waals surface area (Å²) in [5, 5.41) is 7.65. The second-order valence-corrected chi connectivity index (χ2v) is 5.01. The van der Waals surface area contributed by atoms with Crippen LogP contribution in [0.4, 0.5) is 5.69 Å². The molecule has 102 valence electrons. The standard InChI is InChI=1S/C16H17N3S/c1-12-3-7-14(8-4-12)11-17-19-16(20)18-15-9-5-13(2)6-10-15/h3-11H,1-2H3,(H2,18,19,20)/b17-11-. The fourth-order valence-electron chi connectivity index (χ4n) is 1.61. The maximum Gasteiger partial charge on any atom is 0.191 e. The highest BCUT2D eigenvalue weighted by Gasteiger charge is 1.95. The van der Waals surface area contributed by atoms with E-state index in [9.17, 15) is 0 Å². The molecule has 20 heavy (non-hydrogen) atoms. The van der Waals surface area contributed by atoms with Crippen LogP contribution in [-0.4, -0.2) is 11.3 Å². The molecule has 0 aliphatic carbocycles. The van der Waals surface area contributed by atoms with Crippen LogP contribution < -0.4 is 10.7 Å². The molecule has 0 radical (unpaired) electrons. The topological polar surface area (TPSA) is 36.4 Å². The summed E-state index contributed by atoms with van der Waals surface area (Å²) in [7, 11) is 0. The van der Waals surface area contributed by atoms with Gasteiger partial charge in [-0.1, -0.05) is 47.5 Å². The van der Waals surface area contributed by atoms with E-state index >= 15 is 0 Å². The molecular weight excluding hydrogens is 266 g/mol. The molecule has 0 atom stereocenters. The number of rotatable bonds is 3. The van der Waals surface area contributed by atoms with Crippen LogP contribution in [0.15, 0.2) is 53.6 Å². The third-order valence-corrected chi connectivity index (χ3v) is 2.96. The fraction of sp³-hybridized carbons (Fsp3) is 0.125. The van der Waals surface area contributed by atoms with Gasteiger partial charge in [0.05, 0.1) is 6.21 Å². The Kier molecular flexibility index (Phi) is 4.85. The van der Waals surface area contributed by atoms with Crippen molar-refractivity contribution in [2.24, 2.45) is 5.10 Å². The monoisotopic (exact) mass is 283 g/mol. The third kappa shape index (κ3) is 4.48. The minimum atomic E-state index is 0.470. The molecule has 2 rings (SSSR count). The van der Waals surface area contributed by atoms with Crippen molar-refractivity contribution in [3.05, 3.63) is 65.2 Å². The molecule has 0 fully saturated rings. The molecule has 0 heterocycles. The first-order chi connectivity index (χ1) is 9.63. The van der Waals surface area contributed by atoms with Crippen molar-refractivity contribution < 1.29 is 0 Å². The smallest absolute Gasteiger partial charge is 0.191 e. The summed E-state index contributed by atoms with van der Waals surface area (Å²) in [6.45, 7) is 4.10. The van der Waals surface area contributed by atoms with E-state index < -0.39 is 0 Å². The average Bonchev–Trinajstić information content (AvgIpc) is 2.44. The van der Waals surface area contributed by atoms with Gasteiger partial charge in [-0.25, -0.2) is 0 Å². The van der Waals surface area contributed by atoms with E-state index in [1.54, 1.807) is 6.21 Å². The van der Waals surface area contributed by atoms with E-state index in [4.69, 9.17) is 12.2 Å². The number of hydrogen-bond donors (Lipinski definition) is 2. The number of hydrogen-bond acceptors (Lipinski definition) is 2. The first-order valence-electron chi connectivity index (χ1n) is 6.37. The van der Waals surface area contributed by atoms with Crippen molar-refractivity contribution in [2.75, 3.05) is 5.32 Å². The quantitative estimate of drug-likeness (QED) is 0.513. The normalized spacial score (nSPS) is 10.5. The van der Waals surface area contributed by atoms with Crippen molar-refractivity contribution in [3.8, 4) is 0 Å². The Hall–Kier alpha value is -2.20. The zero-order chi connectivity index (χ0) is 14.4. The van der Waals surface area contributed by atoms with Gasteiger partial charge in [0.25, 0.3) is 0 Å². The van der Waals surface area contributed by atoms with Crippen LogP contribution >= 0.6 is 12.2 Å². The predicted molar refractivity (Wildman–Crippen MR) is 89.3 cm³/mol. The van der Waals surface area contributed by atoms with E-state index in [-0.39, 0.29) is 0 Å².